The molecular formula is C28H32F4O2. The summed E-state index contributed by atoms with van der Waals surface area (Å²) in [6.45, 7) is 6.77. The van der Waals surface area contributed by atoms with Crippen molar-refractivity contribution in [1.29, 1.82) is 0 Å². The number of aryl methyl sites for hydroxylation is 1. The fourth-order valence-corrected chi connectivity index (χ4v) is 4.98. The van der Waals surface area contributed by atoms with Crippen molar-refractivity contribution in [2.75, 3.05) is 13.2 Å². The minimum Gasteiger partial charge on any atom is -0.352 e. The molecule has 2 aliphatic carbocycles. The summed E-state index contributed by atoms with van der Waals surface area (Å²) in [7, 11) is 0. The van der Waals surface area contributed by atoms with E-state index < -0.39 is 30.3 Å². The summed E-state index contributed by atoms with van der Waals surface area (Å²) in [5.41, 5.74) is 0.568. The lowest BCUT2D eigenvalue weighted by Gasteiger charge is -2.30. The van der Waals surface area contributed by atoms with E-state index in [9.17, 15) is 0 Å². The van der Waals surface area contributed by atoms with E-state index in [0.717, 1.165) is 12.8 Å². The predicted octanol–water partition coefficient (Wildman–Crippen LogP) is 7.81. The zero-order chi connectivity index (χ0) is 24.2. The molecule has 0 bridgehead atoms. The van der Waals surface area contributed by atoms with Gasteiger partial charge in [-0.2, -0.15) is 0 Å². The summed E-state index contributed by atoms with van der Waals surface area (Å²) in [4.78, 5) is 0. The molecule has 184 valence electrons. The largest absolute Gasteiger partial charge is 0.352 e. The first-order valence-electron chi connectivity index (χ1n) is 12.2. The Labute approximate surface area is 199 Å². The second-order valence-corrected chi connectivity index (χ2v) is 9.27. The molecule has 1 aliphatic heterocycles. The molecule has 6 heteroatoms. The van der Waals surface area contributed by atoms with E-state index in [1.165, 1.54) is 0 Å². The maximum atomic E-state index is 15.6. The molecule has 0 aromatic heterocycles. The van der Waals surface area contributed by atoms with Crippen LogP contribution in [0.1, 0.15) is 68.3 Å². The van der Waals surface area contributed by atoms with Crippen LogP contribution in [0.3, 0.4) is 0 Å². The van der Waals surface area contributed by atoms with Gasteiger partial charge in [0.05, 0.1) is 13.2 Å². The van der Waals surface area contributed by atoms with Gasteiger partial charge in [0.2, 0.25) is 0 Å². The number of rotatable bonds is 8. The van der Waals surface area contributed by atoms with Gasteiger partial charge in [-0.25, -0.2) is 17.6 Å². The molecule has 0 spiro atoms. The van der Waals surface area contributed by atoms with Crippen LogP contribution in [0.15, 0.2) is 53.9 Å². The molecule has 0 amide bonds. The summed E-state index contributed by atoms with van der Waals surface area (Å²) in [5, 5.41) is 0. The van der Waals surface area contributed by atoms with Crippen LogP contribution in [0.4, 0.5) is 17.6 Å². The standard InChI is InChI=1S/C28H32F4O2/c1-3-5-8-17-15-33-22(34-16-17)14-12-19-9-6-10-20-21-13-11-18(7-4-2)25(29)24(21)28(32)27(31)23(20)26(19)30/h3,6,10-11,13,17,22,27-28H,1,4-5,7-9,12,14-16H2,2H3. The quantitative estimate of drug-likeness (QED) is 0.281. The summed E-state index contributed by atoms with van der Waals surface area (Å²) >= 11 is 0. The number of allylic oxidation sites excluding steroid dienone is 7. The highest BCUT2D eigenvalue weighted by molar-refractivity contribution is 5.85. The first kappa shape index (κ1) is 24.9. The Morgan fingerprint density at radius 1 is 1.06 bits per heavy atom. The van der Waals surface area contributed by atoms with Gasteiger partial charge in [-0.1, -0.05) is 43.7 Å². The second kappa shape index (κ2) is 11.0. The van der Waals surface area contributed by atoms with E-state index in [0.29, 0.717) is 56.0 Å². The molecule has 34 heavy (non-hydrogen) atoms. The van der Waals surface area contributed by atoms with Crippen molar-refractivity contribution in [2.24, 2.45) is 5.92 Å². The van der Waals surface area contributed by atoms with Gasteiger partial charge >= 0.3 is 0 Å². The maximum absolute atomic E-state index is 15.6. The highest BCUT2D eigenvalue weighted by Crippen LogP contribution is 2.48. The molecule has 1 fully saturated rings. The summed E-state index contributed by atoms with van der Waals surface area (Å²) in [6, 6.07) is 3.18. The third-order valence-corrected chi connectivity index (χ3v) is 6.86. The fraction of sp³-hybridized carbons (Fsp3) is 0.500. The first-order chi connectivity index (χ1) is 16.5. The molecule has 1 aromatic carbocycles. The van der Waals surface area contributed by atoms with E-state index >= 15 is 17.6 Å². The lowest BCUT2D eigenvalue weighted by molar-refractivity contribution is -0.203. The minimum atomic E-state index is -2.26. The Bertz CT molecular complexity index is 1000. The van der Waals surface area contributed by atoms with Crippen LogP contribution in [0, 0.1) is 11.7 Å². The molecule has 2 nitrogen and oxygen atoms in total. The van der Waals surface area contributed by atoms with Crippen molar-refractivity contribution in [2.45, 2.75) is 70.5 Å². The van der Waals surface area contributed by atoms with Crippen molar-refractivity contribution in [3.05, 3.63) is 76.4 Å². The van der Waals surface area contributed by atoms with Gasteiger partial charge in [-0.15, -0.1) is 6.58 Å². The first-order valence-corrected chi connectivity index (χ1v) is 12.2. The molecule has 1 heterocycles. The molecule has 2 unspecified atom stereocenters. The van der Waals surface area contributed by atoms with Crippen molar-refractivity contribution >= 4 is 5.57 Å². The Morgan fingerprint density at radius 2 is 1.82 bits per heavy atom. The van der Waals surface area contributed by atoms with Gasteiger partial charge in [0, 0.05) is 23.5 Å². The minimum absolute atomic E-state index is 0.223. The van der Waals surface area contributed by atoms with Crippen LogP contribution in [0.5, 0.6) is 0 Å². The average molecular weight is 477 g/mol. The van der Waals surface area contributed by atoms with Crippen LogP contribution in [-0.2, 0) is 15.9 Å². The van der Waals surface area contributed by atoms with Gasteiger partial charge in [0.1, 0.15) is 11.6 Å². The molecule has 1 saturated heterocycles. The molecule has 4 rings (SSSR count). The Balaban J connectivity index is 1.55. The molecule has 1 aromatic rings. The van der Waals surface area contributed by atoms with Gasteiger partial charge in [0.15, 0.2) is 18.6 Å². The number of ether oxygens (including phenoxy) is 2. The Kier molecular flexibility index (Phi) is 8.10. The number of hydrogen-bond acceptors (Lipinski definition) is 2. The summed E-state index contributed by atoms with van der Waals surface area (Å²) < 4.78 is 72.6. The number of halogens is 4. The zero-order valence-corrected chi connectivity index (χ0v) is 19.6. The molecule has 0 N–H and O–H groups in total. The van der Waals surface area contributed by atoms with Crippen LogP contribution in [-0.4, -0.2) is 25.7 Å². The van der Waals surface area contributed by atoms with Crippen molar-refractivity contribution < 1.29 is 27.0 Å². The zero-order valence-electron chi connectivity index (χ0n) is 19.6. The lowest BCUT2D eigenvalue weighted by atomic mass is 9.81. The van der Waals surface area contributed by atoms with Crippen molar-refractivity contribution in [3.63, 3.8) is 0 Å². The number of alkyl halides is 2. The predicted molar refractivity (Wildman–Crippen MR) is 126 cm³/mol. The Hall–Kier alpha value is -2.18. The van der Waals surface area contributed by atoms with Crippen LogP contribution in [0.2, 0.25) is 0 Å². The molecule has 0 radical (unpaired) electrons. The van der Waals surface area contributed by atoms with Gasteiger partial charge < -0.3 is 9.47 Å². The topological polar surface area (TPSA) is 18.5 Å². The number of fused-ring (bicyclic) bond motifs is 2. The van der Waals surface area contributed by atoms with Crippen LogP contribution in [0.25, 0.3) is 5.57 Å². The van der Waals surface area contributed by atoms with E-state index in [4.69, 9.17) is 9.47 Å². The van der Waals surface area contributed by atoms with Crippen LogP contribution >= 0.6 is 0 Å². The fourth-order valence-electron chi connectivity index (χ4n) is 4.98. The van der Waals surface area contributed by atoms with Crippen molar-refractivity contribution in [1.82, 2.24) is 0 Å². The maximum Gasteiger partial charge on any atom is 0.164 e. The van der Waals surface area contributed by atoms with E-state index in [-0.39, 0.29) is 28.7 Å². The SMILES string of the molecule is C=CCCC1COC(CCC2=C(F)C3=C(C=CC2)c2ccc(CCC)c(F)c2C(F)C3F)OC1. The monoisotopic (exact) mass is 476 g/mol. The van der Waals surface area contributed by atoms with Gasteiger partial charge in [-0.05, 0) is 54.4 Å². The average Bonchev–Trinajstić information content (AvgIpc) is 3.00. The van der Waals surface area contributed by atoms with Crippen molar-refractivity contribution in [3.8, 4) is 0 Å². The third kappa shape index (κ3) is 4.94. The number of benzene rings is 1. The van der Waals surface area contributed by atoms with E-state index in [1.807, 2.05) is 13.0 Å². The summed E-state index contributed by atoms with van der Waals surface area (Å²) in [5.74, 6) is -1.15. The molecule has 3 aliphatic rings. The van der Waals surface area contributed by atoms with E-state index in [2.05, 4.69) is 6.58 Å². The van der Waals surface area contributed by atoms with Crippen LogP contribution < -0.4 is 0 Å². The number of hydrogen-bond donors (Lipinski definition) is 0. The summed E-state index contributed by atoms with van der Waals surface area (Å²) in [6.07, 6.45) is 4.19. The van der Waals surface area contributed by atoms with Gasteiger partial charge in [0.25, 0.3) is 0 Å². The highest BCUT2D eigenvalue weighted by atomic mass is 19.2. The van der Waals surface area contributed by atoms with E-state index in [1.54, 1.807) is 24.3 Å². The lowest BCUT2D eigenvalue weighted by Crippen LogP contribution is -2.32. The highest BCUT2D eigenvalue weighted by Gasteiger charge is 2.41. The Morgan fingerprint density at radius 3 is 2.53 bits per heavy atom. The second-order valence-electron chi connectivity index (χ2n) is 9.27. The van der Waals surface area contributed by atoms with Gasteiger partial charge in [-0.3, -0.25) is 0 Å². The smallest absolute Gasteiger partial charge is 0.164 e. The molecular weight excluding hydrogens is 444 g/mol. The molecule has 0 saturated carbocycles. The normalized spacial score (nSPS) is 26.9. The third-order valence-electron chi connectivity index (χ3n) is 6.86. The molecule has 2 atom stereocenters.